The molecule has 5 aromatic rings. The average molecular weight is 534 g/mol. The van der Waals surface area contributed by atoms with Crippen LogP contribution in [-0.2, 0) is 17.8 Å². The number of halogens is 1. The van der Waals surface area contributed by atoms with Crippen molar-refractivity contribution in [2.24, 2.45) is 0 Å². The summed E-state index contributed by atoms with van der Waals surface area (Å²) in [6, 6.07) is 18.2. The third kappa shape index (κ3) is 5.73. The number of nitrogens with one attached hydrogen (secondary N) is 1. The van der Waals surface area contributed by atoms with Crippen LogP contribution in [0.2, 0.25) is 5.02 Å². The minimum Gasteiger partial charge on any atom is -0.494 e. The summed E-state index contributed by atoms with van der Waals surface area (Å²) in [5, 5.41) is 9.95. The van der Waals surface area contributed by atoms with Gasteiger partial charge in [0.1, 0.15) is 5.75 Å². The molecule has 1 amide bonds. The van der Waals surface area contributed by atoms with Crippen molar-refractivity contribution in [3.8, 4) is 28.3 Å². The van der Waals surface area contributed by atoms with E-state index >= 15 is 0 Å². The van der Waals surface area contributed by atoms with Gasteiger partial charge in [-0.1, -0.05) is 23.7 Å². The van der Waals surface area contributed by atoms with E-state index < -0.39 is 0 Å². The van der Waals surface area contributed by atoms with Gasteiger partial charge >= 0.3 is 0 Å². The van der Waals surface area contributed by atoms with Crippen LogP contribution in [-0.4, -0.2) is 38.2 Å². The smallest absolute Gasteiger partial charge is 0.266 e. The van der Waals surface area contributed by atoms with Crippen molar-refractivity contribution in [3.05, 3.63) is 93.3 Å². The number of hydrogen-bond acceptors (Lipinski definition) is 6. The number of carbonyl (C=O) groups excluding carboxylic acids is 1. The molecule has 0 unspecified atom stereocenters. The van der Waals surface area contributed by atoms with Gasteiger partial charge in [-0.25, -0.2) is 9.67 Å². The van der Waals surface area contributed by atoms with E-state index in [1.807, 2.05) is 71.4 Å². The molecule has 2 aromatic carbocycles. The van der Waals surface area contributed by atoms with Crippen molar-refractivity contribution in [3.63, 3.8) is 0 Å². The zero-order valence-electron chi connectivity index (χ0n) is 20.1. The van der Waals surface area contributed by atoms with E-state index in [1.165, 1.54) is 22.1 Å². The highest BCUT2D eigenvalue weighted by atomic mass is 35.5. The number of carbonyl (C=O) groups is 1. The molecule has 0 radical (unpaired) electrons. The van der Waals surface area contributed by atoms with Crippen molar-refractivity contribution < 1.29 is 9.53 Å². The summed E-state index contributed by atoms with van der Waals surface area (Å²) < 4.78 is 8.77. The highest BCUT2D eigenvalue weighted by Gasteiger charge is 2.13. The summed E-state index contributed by atoms with van der Waals surface area (Å²) in [6.45, 7) is 3.08. The predicted octanol–water partition coefficient (Wildman–Crippen LogP) is 4.70. The van der Waals surface area contributed by atoms with Crippen molar-refractivity contribution in [2.75, 3.05) is 13.2 Å². The van der Waals surface area contributed by atoms with Gasteiger partial charge in [0.15, 0.2) is 4.96 Å². The Morgan fingerprint density at radius 1 is 1.03 bits per heavy atom. The van der Waals surface area contributed by atoms with Crippen molar-refractivity contribution in [1.29, 1.82) is 0 Å². The maximum absolute atomic E-state index is 12.6. The molecule has 5 rings (SSSR count). The molecule has 0 bridgehead atoms. The Morgan fingerprint density at radius 3 is 2.51 bits per heavy atom. The van der Waals surface area contributed by atoms with Crippen LogP contribution in [0.4, 0.5) is 0 Å². The third-order valence-electron chi connectivity index (χ3n) is 5.74. The minimum atomic E-state index is -0.225. The Hall–Kier alpha value is -3.95. The fraction of sp³-hybridized carbons (Fsp3) is 0.185. The number of fused-ring (bicyclic) bond motifs is 1. The van der Waals surface area contributed by atoms with Crippen LogP contribution in [0.1, 0.15) is 12.6 Å². The highest BCUT2D eigenvalue weighted by molar-refractivity contribution is 7.15. The summed E-state index contributed by atoms with van der Waals surface area (Å²) in [4.78, 5) is 30.4. The van der Waals surface area contributed by atoms with Crippen LogP contribution in [0, 0.1) is 0 Å². The molecule has 3 heterocycles. The Balaban J connectivity index is 1.20. The van der Waals surface area contributed by atoms with Gasteiger partial charge in [-0.2, -0.15) is 5.10 Å². The molecule has 1 N–H and O–H groups in total. The van der Waals surface area contributed by atoms with E-state index in [4.69, 9.17) is 16.3 Å². The molecule has 8 nitrogen and oxygen atoms in total. The monoisotopic (exact) mass is 533 g/mol. The largest absolute Gasteiger partial charge is 0.494 e. The SMILES string of the molecule is CCOc1ccc(-c2ccc(=O)n(CCNC(=O)Cc3csc4nc(-c5ccc(Cl)cc5)cn34)n2)cc1. The van der Waals surface area contributed by atoms with Gasteiger partial charge < -0.3 is 10.1 Å². The molecule has 3 aromatic heterocycles. The topological polar surface area (TPSA) is 90.5 Å². The summed E-state index contributed by atoms with van der Waals surface area (Å²) >= 11 is 7.47. The third-order valence-corrected chi connectivity index (χ3v) is 6.88. The van der Waals surface area contributed by atoms with Crippen molar-refractivity contribution in [2.45, 2.75) is 19.9 Å². The summed E-state index contributed by atoms with van der Waals surface area (Å²) in [6.07, 6.45) is 2.12. The van der Waals surface area contributed by atoms with Crippen LogP contribution in [0.3, 0.4) is 0 Å². The van der Waals surface area contributed by atoms with Crippen LogP contribution in [0.5, 0.6) is 5.75 Å². The maximum Gasteiger partial charge on any atom is 0.266 e. The molecular weight excluding hydrogens is 510 g/mol. The van der Waals surface area contributed by atoms with Crippen LogP contribution >= 0.6 is 22.9 Å². The first-order chi connectivity index (χ1) is 18.0. The molecule has 0 aliphatic carbocycles. The van der Waals surface area contributed by atoms with Crippen LogP contribution in [0.15, 0.2) is 77.0 Å². The van der Waals surface area contributed by atoms with Gasteiger partial charge in [0.05, 0.1) is 31.0 Å². The lowest BCUT2D eigenvalue weighted by Crippen LogP contribution is -2.32. The average Bonchev–Trinajstić information content (AvgIpc) is 3.48. The Bertz CT molecular complexity index is 1590. The molecule has 0 saturated heterocycles. The zero-order chi connectivity index (χ0) is 25.8. The van der Waals surface area contributed by atoms with Gasteiger partial charge in [0, 0.05) is 46.0 Å². The molecule has 0 fully saturated rings. The number of aromatic nitrogens is 4. The number of amides is 1. The standard InChI is InChI=1S/C27H24ClN5O3S/c1-2-36-22-9-5-18(6-10-22)23-11-12-26(35)33(31-23)14-13-29-25(34)15-21-17-37-27-30-24(16-32(21)27)19-3-7-20(28)8-4-19/h3-12,16-17H,2,13-15H2,1H3,(H,29,34). The van der Waals surface area contributed by atoms with E-state index in [0.29, 0.717) is 17.3 Å². The zero-order valence-corrected chi connectivity index (χ0v) is 21.6. The van der Waals surface area contributed by atoms with Gasteiger partial charge in [-0.3, -0.25) is 14.0 Å². The molecule has 0 aliphatic rings. The molecule has 188 valence electrons. The van der Waals surface area contributed by atoms with Crippen LogP contribution in [0.25, 0.3) is 27.5 Å². The summed E-state index contributed by atoms with van der Waals surface area (Å²) in [5.74, 6) is 0.638. The summed E-state index contributed by atoms with van der Waals surface area (Å²) in [5.41, 5.74) is 3.95. The number of nitrogens with zero attached hydrogens (tertiary/aromatic N) is 4. The Morgan fingerprint density at radius 2 is 1.76 bits per heavy atom. The first-order valence-electron chi connectivity index (χ1n) is 11.8. The van der Waals surface area contributed by atoms with Gasteiger partial charge in [0.25, 0.3) is 5.56 Å². The number of hydrogen-bond donors (Lipinski definition) is 1. The lowest BCUT2D eigenvalue weighted by molar-refractivity contribution is -0.120. The maximum atomic E-state index is 12.6. The molecule has 0 spiro atoms. The molecular formula is C27H24ClN5O3S. The second-order valence-corrected chi connectivity index (χ2v) is 9.55. The van der Waals surface area contributed by atoms with Gasteiger partial charge in [0.2, 0.25) is 5.91 Å². The first kappa shape index (κ1) is 24.7. The van der Waals surface area contributed by atoms with Gasteiger partial charge in [-0.05, 0) is 49.4 Å². The molecule has 37 heavy (non-hydrogen) atoms. The molecule has 0 atom stereocenters. The summed E-state index contributed by atoms with van der Waals surface area (Å²) in [7, 11) is 0. The van der Waals surface area contributed by atoms with E-state index in [0.717, 1.165) is 33.2 Å². The Kier molecular flexibility index (Phi) is 7.34. The molecule has 0 saturated carbocycles. The Labute approximate surface area is 222 Å². The first-order valence-corrected chi connectivity index (χ1v) is 13.1. The number of rotatable bonds is 9. The highest BCUT2D eigenvalue weighted by Crippen LogP contribution is 2.25. The van der Waals surface area contributed by atoms with Crippen molar-refractivity contribution in [1.82, 2.24) is 24.5 Å². The number of ether oxygens (including phenoxy) is 1. The second kappa shape index (κ2) is 11.0. The van der Waals surface area contributed by atoms with Crippen molar-refractivity contribution >= 4 is 33.8 Å². The number of benzene rings is 2. The number of imidazole rings is 1. The lowest BCUT2D eigenvalue weighted by Gasteiger charge is -2.09. The lowest BCUT2D eigenvalue weighted by atomic mass is 10.1. The second-order valence-electron chi connectivity index (χ2n) is 8.28. The normalized spacial score (nSPS) is 11.1. The van der Waals surface area contributed by atoms with E-state index in [2.05, 4.69) is 15.4 Å². The molecule has 0 aliphatic heterocycles. The van der Waals surface area contributed by atoms with E-state index in [-0.39, 0.29) is 31.0 Å². The fourth-order valence-electron chi connectivity index (χ4n) is 3.90. The fourth-order valence-corrected chi connectivity index (χ4v) is 4.90. The molecule has 10 heteroatoms. The quantitative estimate of drug-likeness (QED) is 0.297. The van der Waals surface area contributed by atoms with Crippen LogP contribution < -0.4 is 15.6 Å². The predicted molar refractivity (Wildman–Crippen MR) is 145 cm³/mol. The van der Waals surface area contributed by atoms with E-state index in [1.54, 1.807) is 6.07 Å². The van der Waals surface area contributed by atoms with Gasteiger partial charge in [-0.15, -0.1) is 11.3 Å². The number of thiazole rings is 1. The van der Waals surface area contributed by atoms with E-state index in [9.17, 15) is 9.59 Å². The minimum absolute atomic E-state index is 0.142.